The van der Waals surface area contributed by atoms with Gasteiger partial charge in [-0.1, -0.05) is 0 Å². The van der Waals surface area contributed by atoms with Gasteiger partial charge in [0.1, 0.15) is 16.7 Å². The van der Waals surface area contributed by atoms with Crippen LogP contribution in [0.1, 0.15) is 5.82 Å². The number of H-pyrrole nitrogens is 1. The van der Waals surface area contributed by atoms with Crippen molar-refractivity contribution in [1.29, 1.82) is 0 Å². The normalized spacial score (nSPS) is 10.4. The third kappa shape index (κ3) is 2.69. The summed E-state index contributed by atoms with van der Waals surface area (Å²) >= 11 is 1.11. The van der Waals surface area contributed by atoms with Crippen LogP contribution in [-0.4, -0.2) is 25.1 Å². The van der Waals surface area contributed by atoms with Gasteiger partial charge in [0.2, 0.25) is 5.16 Å². The van der Waals surface area contributed by atoms with E-state index in [1.54, 1.807) is 6.92 Å². The summed E-state index contributed by atoms with van der Waals surface area (Å²) in [6.07, 6.45) is 0. The molecule has 17 heavy (non-hydrogen) atoms. The van der Waals surface area contributed by atoms with Crippen LogP contribution in [0.3, 0.4) is 0 Å². The highest BCUT2D eigenvalue weighted by molar-refractivity contribution is 7.99. The first-order chi connectivity index (χ1) is 8.04. The number of aromatic nitrogens is 4. The Balaban J connectivity index is 2.29. The first-order valence-corrected chi connectivity index (χ1v) is 5.35. The highest BCUT2D eigenvalue weighted by Gasteiger charge is 2.12. The summed E-state index contributed by atoms with van der Waals surface area (Å²) in [6, 6.07) is 2.53. The predicted molar refractivity (Wildman–Crippen MR) is 60.5 cm³/mol. The molecule has 8 nitrogen and oxygen atoms in total. The Kier molecular flexibility index (Phi) is 2.91. The van der Waals surface area contributed by atoms with E-state index in [2.05, 4.69) is 20.2 Å². The van der Waals surface area contributed by atoms with Crippen molar-refractivity contribution in [2.45, 2.75) is 17.1 Å². The fourth-order valence-corrected chi connectivity index (χ4v) is 1.92. The quantitative estimate of drug-likeness (QED) is 0.620. The van der Waals surface area contributed by atoms with E-state index < -0.39 is 4.92 Å². The third-order valence-corrected chi connectivity index (χ3v) is 2.57. The number of hydrogen-bond donors (Lipinski definition) is 2. The number of nitrogens with two attached hydrogens (primary N) is 1. The van der Waals surface area contributed by atoms with Crippen LogP contribution in [0.15, 0.2) is 22.3 Å². The lowest BCUT2D eigenvalue weighted by Gasteiger charge is -1.98. The highest BCUT2D eigenvalue weighted by Crippen LogP contribution is 2.27. The van der Waals surface area contributed by atoms with Gasteiger partial charge in [-0.3, -0.25) is 15.2 Å². The number of aromatic amines is 1. The summed E-state index contributed by atoms with van der Waals surface area (Å²) < 4.78 is 0. The van der Waals surface area contributed by atoms with Gasteiger partial charge in [-0.2, -0.15) is 0 Å². The molecule has 0 aliphatic heterocycles. The summed E-state index contributed by atoms with van der Waals surface area (Å²) in [4.78, 5) is 18.1. The lowest BCUT2D eigenvalue weighted by atomic mass is 10.4. The number of pyridine rings is 1. The van der Waals surface area contributed by atoms with Gasteiger partial charge in [0.25, 0.3) is 5.69 Å². The Hall–Kier alpha value is -2.16. The largest absolute Gasteiger partial charge is 0.383 e. The fourth-order valence-electron chi connectivity index (χ4n) is 1.13. The maximum atomic E-state index is 10.6. The van der Waals surface area contributed by atoms with Gasteiger partial charge in [0.15, 0.2) is 0 Å². The van der Waals surface area contributed by atoms with Crippen molar-refractivity contribution in [1.82, 2.24) is 20.2 Å². The van der Waals surface area contributed by atoms with Crippen molar-refractivity contribution in [2.75, 3.05) is 5.73 Å². The molecule has 0 aromatic carbocycles. The monoisotopic (exact) mass is 252 g/mol. The van der Waals surface area contributed by atoms with E-state index in [0.29, 0.717) is 16.0 Å². The minimum atomic E-state index is -0.522. The molecule has 0 saturated heterocycles. The highest BCUT2D eigenvalue weighted by atomic mass is 32.2. The van der Waals surface area contributed by atoms with Crippen LogP contribution >= 0.6 is 11.8 Å². The van der Waals surface area contributed by atoms with Gasteiger partial charge in [0, 0.05) is 6.07 Å². The number of rotatable bonds is 3. The van der Waals surface area contributed by atoms with Gasteiger partial charge in [-0.25, -0.2) is 9.97 Å². The number of nitrogens with one attached hydrogen (secondary N) is 1. The van der Waals surface area contributed by atoms with Crippen LogP contribution in [0.4, 0.5) is 11.5 Å². The average molecular weight is 252 g/mol. The van der Waals surface area contributed by atoms with Crippen LogP contribution in [0.2, 0.25) is 0 Å². The molecule has 0 bridgehead atoms. The molecule has 2 rings (SSSR count). The maximum absolute atomic E-state index is 10.6. The molecule has 0 spiro atoms. The zero-order valence-corrected chi connectivity index (χ0v) is 9.56. The summed E-state index contributed by atoms with van der Waals surface area (Å²) in [7, 11) is 0. The molecule has 0 fully saturated rings. The van der Waals surface area contributed by atoms with E-state index in [1.165, 1.54) is 12.1 Å². The van der Waals surface area contributed by atoms with Crippen molar-refractivity contribution >= 4 is 23.3 Å². The summed E-state index contributed by atoms with van der Waals surface area (Å²) in [6.45, 7) is 1.76. The van der Waals surface area contributed by atoms with E-state index in [-0.39, 0.29) is 11.5 Å². The van der Waals surface area contributed by atoms with Crippen molar-refractivity contribution in [3.05, 3.63) is 28.1 Å². The van der Waals surface area contributed by atoms with E-state index in [4.69, 9.17) is 5.73 Å². The van der Waals surface area contributed by atoms with Gasteiger partial charge in [-0.05, 0) is 18.7 Å². The number of nitrogen functional groups attached to an aromatic ring is 1. The van der Waals surface area contributed by atoms with E-state index in [0.717, 1.165) is 11.8 Å². The van der Waals surface area contributed by atoms with Crippen LogP contribution in [-0.2, 0) is 0 Å². The topological polar surface area (TPSA) is 124 Å². The lowest BCUT2D eigenvalue weighted by molar-refractivity contribution is -0.385. The van der Waals surface area contributed by atoms with E-state index >= 15 is 0 Å². The van der Waals surface area contributed by atoms with Crippen molar-refractivity contribution in [2.24, 2.45) is 0 Å². The molecule has 0 aliphatic rings. The maximum Gasteiger partial charge on any atom is 0.275 e. The molecule has 0 atom stereocenters. The Morgan fingerprint density at radius 2 is 2.24 bits per heavy atom. The Morgan fingerprint density at radius 3 is 2.82 bits per heavy atom. The van der Waals surface area contributed by atoms with Crippen molar-refractivity contribution < 1.29 is 4.92 Å². The van der Waals surface area contributed by atoms with E-state index in [1.807, 2.05) is 0 Å². The summed E-state index contributed by atoms with van der Waals surface area (Å²) in [5.74, 6) is 0.750. The Bertz CT molecular complexity index is 569. The molecule has 2 aromatic heterocycles. The van der Waals surface area contributed by atoms with Crippen LogP contribution in [0, 0.1) is 17.0 Å². The number of nitrogens with zero attached hydrogens (tertiary/aromatic N) is 4. The molecule has 0 radical (unpaired) electrons. The predicted octanol–water partition coefficient (Wildman–Crippen LogP) is 1.15. The van der Waals surface area contributed by atoms with Crippen molar-refractivity contribution in [3.8, 4) is 0 Å². The molecule has 88 valence electrons. The first kappa shape index (κ1) is 11.3. The minimum Gasteiger partial charge on any atom is -0.383 e. The standard InChI is InChI=1S/C8H8N6O2S/c1-4-10-8(13-12-4)17-7-3-5(14(15)16)2-6(9)11-7/h2-3H,1H3,(H2,9,11)(H,10,12,13). The molecular weight excluding hydrogens is 244 g/mol. The number of anilines is 1. The van der Waals surface area contributed by atoms with E-state index in [9.17, 15) is 10.1 Å². The molecule has 0 saturated carbocycles. The van der Waals surface area contributed by atoms with Gasteiger partial charge < -0.3 is 5.73 Å². The molecule has 0 aliphatic carbocycles. The average Bonchev–Trinajstić information content (AvgIpc) is 2.63. The Labute approximate surface area is 99.8 Å². The minimum absolute atomic E-state index is 0.0916. The second-order valence-corrected chi connectivity index (χ2v) is 4.14. The lowest BCUT2D eigenvalue weighted by Crippen LogP contribution is -1.96. The van der Waals surface area contributed by atoms with Gasteiger partial charge >= 0.3 is 0 Å². The molecule has 0 unspecified atom stereocenters. The zero-order chi connectivity index (χ0) is 12.4. The molecule has 2 heterocycles. The second kappa shape index (κ2) is 4.37. The molecule has 3 N–H and O–H groups in total. The molecular formula is C8H8N6O2S. The van der Waals surface area contributed by atoms with Crippen LogP contribution < -0.4 is 5.73 Å². The zero-order valence-electron chi connectivity index (χ0n) is 8.75. The van der Waals surface area contributed by atoms with Gasteiger partial charge in [-0.15, -0.1) is 5.10 Å². The second-order valence-electron chi connectivity index (χ2n) is 3.15. The first-order valence-electron chi connectivity index (χ1n) is 4.53. The van der Waals surface area contributed by atoms with Crippen molar-refractivity contribution in [3.63, 3.8) is 0 Å². The van der Waals surface area contributed by atoms with Crippen LogP contribution in [0.25, 0.3) is 0 Å². The smallest absolute Gasteiger partial charge is 0.275 e. The number of hydrogen-bond acceptors (Lipinski definition) is 7. The molecule has 2 aromatic rings. The van der Waals surface area contributed by atoms with Gasteiger partial charge in [0.05, 0.1) is 11.0 Å². The summed E-state index contributed by atoms with van der Waals surface area (Å²) in [5, 5.41) is 18.0. The Morgan fingerprint density at radius 1 is 1.47 bits per heavy atom. The number of aryl methyl sites for hydroxylation is 1. The summed E-state index contributed by atoms with van der Waals surface area (Å²) in [5.41, 5.74) is 5.37. The SMILES string of the molecule is Cc1nc(Sc2cc([N+](=O)[O-])cc(N)n2)n[nH]1. The third-order valence-electron chi connectivity index (χ3n) is 1.79. The molecule has 0 amide bonds. The van der Waals surface area contributed by atoms with Crippen LogP contribution in [0.5, 0.6) is 0 Å². The number of nitro groups is 1. The molecule has 9 heteroatoms. The fraction of sp³-hybridized carbons (Fsp3) is 0.125.